The van der Waals surface area contributed by atoms with Crippen molar-refractivity contribution in [1.29, 1.82) is 0 Å². The Morgan fingerprint density at radius 2 is 2.05 bits per heavy atom. The van der Waals surface area contributed by atoms with E-state index in [9.17, 15) is 0 Å². The molecular formula is C16H17BrN4O. The normalized spacial score (nSPS) is 19.4. The third-order valence-corrected chi connectivity index (χ3v) is 5.16. The number of halogens is 1. The predicted molar refractivity (Wildman–Crippen MR) is 89.3 cm³/mol. The molecule has 0 atom stereocenters. The number of hydrogen-bond acceptors (Lipinski definition) is 5. The molecule has 1 saturated heterocycles. The zero-order chi connectivity index (χ0) is 15.2. The number of nitrogens with two attached hydrogens (primary N) is 1. The Kier molecular flexibility index (Phi) is 3.31. The Morgan fingerprint density at radius 3 is 2.82 bits per heavy atom. The van der Waals surface area contributed by atoms with Crippen LogP contribution in [0.2, 0.25) is 0 Å². The molecule has 1 spiro atoms. The van der Waals surface area contributed by atoms with Crippen LogP contribution in [0, 0.1) is 0 Å². The van der Waals surface area contributed by atoms with E-state index in [1.165, 1.54) is 11.3 Å². The van der Waals surface area contributed by atoms with Crippen molar-refractivity contribution in [3.63, 3.8) is 0 Å². The van der Waals surface area contributed by atoms with Gasteiger partial charge in [-0.2, -0.15) is 4.98 Å². The van der Waals surface area contributed by atoms with E-state index >= 15 is 0 Å². The van der Waals surface area contributed by atoms with Gasteiger partial charge in [0.25, 0.3) is 0 Å². The van der Waals surface area contributed by atoms with E-state index in [-0.39, 0.29) is 5.41 Å². The number of rotatable bonds is 1. The molecule has 2 aromatic rings. The van der Waals surface area contributed by atoms with Gasteiger partial charge in [-0.05, 0) is 36.6 Å². The van der Waals surface area contributed by atoms with Gasteiger partial charge in [-0.1, -0.05) is 22.0 Å². The summed E-state index contributed by atoms with van der Waals surface area (Å²) in [5.41, 5.74) is 8.50. The highest BCUT2D eigenvalue weighted by Gasteiger charge is 2.44. The number of nitrogens with zero attached hydrogens (tertiary/aromatic N) is 3. The fourth-order valence-corrected chi connectivity index (χ4v) is 3.91. The van der Waals surface area contributed by atoms with E-state index in [0.29, 0.717) is 5.95 Å². The van der Waals surface area contributed by atoms with Crippen LogP contribution in [0.15, 0.2) is 34.9 Å². The molecule has 5 nitrogen and oxygen atoms in total. The molecule has 1 aromatic carbocycles. The van der Waals surface area contributed by atoms with Crippen molar-refractivity contribution >= 4 is 33.4 Å². The van der Waals surface area contributed by atoms with E-state index < -0.39 is 0 Å². The van der Waals surface area contributed by atoms with Crippen LogP contribution in [0.4, 0.5) is 17.5 Å². The number of fused-ring (bicyclic) bond motifs is 2. The summed E-state index contributed by atoms with van der Waals surface area (Å²) in [5, 5.41) is 0. The summed E-state index contributed by atoms with van der Waals surface area (Å²) in [6, 6.07) is 8.43. The Balaban J connectivity index is 1.83. The molecule has 114 valence electrons. The number of aromatic nitrogens is 2. The Morgan fingerprint density at radius 1 is 1.23 bits per heavy atom. The van der Waals surface area contributed by atoms with Crippen LogP contribution in [0.3, 0.4) is 0 Å². The van der Waals surface area contributed by atoms with Crippen LogP contribution in [-0.2, 0) is 10.2 Å². The average molecular weight is 361 g/mol. The third kappa shape index (κ3) is 2.18. The fraction of sp³-hybridized carbons (Fsp3) is 0.375. The molecule has 0 saturated carbocycles. The maximum Gasteiger partial charge on any atom is 0.221 e. The molecule has 0 unspecified atom stereocenters. The van der Waals surface area contributed by atoms with Gasteiger partial charge in [0, 0.05) is 41.5 Å². The zero-order valence-electron chi connectivity index (χ0n) is 12.1. The lowest BCUT2D eigenvalue weighted by Gasteiger charge is -2.34. The molecule has 6 heteroatoms. The van der Waals surface area contributed by atoms with Gasteiger partial charge in [0.05, 0.1) is 0 Å². The Bertz CT molecular complexity index is 715. The SMILES string of the molecule is Nc1nccc(N2CC3(CCOCC3)c3ccc(Br)cc32)n1. The average Bonchev–Trinajstić information content (AvgIpc) is 2.82. The van der Waals surface area contributed by atoms with Gasteiger partial charge in [-0.15, -0.1) is 0 Å². The van der Waals surface area contributed by atoms with Crippen LogP contribution < -0.4 is 10.6 Å². The quantitative estimate of drug-likeness (QED) is 0.846. The summed E-state index contributed by atoms with van der Waals surface area (Å²) in [5.74, 6) is 1.16. The number of benzene rings is 1. The fourth-order valence-electron chi connectivity index (χ4n) is 3.56. The van der Waals surface area contributed by atoms with Gasteiger partial charge in [-0.25, -0.2) is 4.98 Å². The monoisotopic (exact) mass is 360 g/mol. The highest BCUT2D eigenvalue weighted by Crippen LogP contribution is 2.49. The first-order valence-electron chi connectivity index (χ1n) is 7.42. The predicted octanol–water partition coefficient (Wildman–Crippen LogP) is 3.02. The van der Waals surface area contributed by atoms with Crippen LogP contribution in [0.25, 0.3) is 0 Å². The summed E-state index contributed by atoms with van der Waals surface area (Å²) in [6.07, 6.45) is 3.79. The molecule has 2 aliphatic heterocycles. The number of anilines is 3. The van der Waals surface area contributed by atoms with Gasteiger partial charge in [0.1, 0.15) is 5.82 Å². The van der Waals surface area contributed by atoms with Crippen molar-refractivity contribution in [2.24, 2.45) is 0 Å². The highest BCUT2D eigenvalue weighted by atomic mass is 79.9. The number of ether oxygens (including phenoxy) is 1. The van der Waals surface area contributed by atoms with Crippen LogP contribution in [-0.4, -0.2) is 29.7 Å². The molecule has 1 aromatic heterocycles. The second-order valence-electron chi connectivity index (χ2n) is 5.91. The lowest BCUT2D eigenvalue weighted by molar-refractivity contribution is 0.0558. The molecule has 2 aliphatic rings. The van der Waals surface area contributed by atoms with Crippen LogP contribution >= 0.6 is 15.9 Å². The van der Waals surface area contributed by atoms with Crippen molar-refractivity contribution < 1.29 is 4.74 Å². The summed E-state index contributed by atoms with van der Waals surface area (Å²) in [4.78, 5) is 10.7. The lowest BCUT2D eigenvalue weighted by Crippen LogP contribution is -2.37. The number of hydrogen-bond donors (Lipinski definition) is 1. The van der Waals surface area contributed by atoms with Crippen molar-refractivity contribution in [2.45, 2.75) is 18.3 Å². The summed E-state index contributed by atoms with van der Waals surface area (Å²) >= 11 is 3.58. The van der Waals surface area contributed by atoms with Crippen molar-refractivity contribution in [3.8, 4) is 0 Å². The third-order valence-electron chi connectivity index (χ3n) is 4.67. The van der Waals surface area contributed by atoms with Crippen molar-refractivity contribution in [1.82, 2.24) is 9.97 Å². The van der Waals surface area contributed by atoms with E-state index in [1.807, 2.05) is 6.07 Å². The van der Waals surface area contributed by atoms with Crippen molar-refractivity contribution in [2.75, 3.05) is 30.4 Å². The summed E-state index contributed by atoms with van der Waals surface area (Å²) in [6.45, 7) is 2.54. The Labute approximate surface area is 137 Å². The van der Waals surface area contributed by atoms with Crippen LogP contribution in [0.1, 0.15) is 18.4 Å². The first-order chi connectivity index (χ1) is 10.7. The van der Waals surface area contributed by atoms with E-state index in [1.54, 1.807) is 6.20 Å². The zero-order valence-corrected chi connectivity index (χ0v) is 13.7. The molecule has 3 heterocycles. The molecule has 4 rings (SSSR count). The summed E-state index contributed by atoms with van der Waals surface area (Å²) < 4.78 is 6.65. The molecule has 0 radical (unpaired) electrons. The van der Waals surface area contributed by atoms with Gasteiger partial charge < -0.3 is 15.4 Å². The molecule has 0 bridgehead atoms. The van der Waals surface area contributed by atoms with Gasteiger partial charge >= 0.3 is 0 Å². The maximum atomic E-state index is 5.77. The largest absolute Gasteiger partial charge is 0.381 e. The Hall–Kier alpha value is -1.66. The molecule has 0 amide bonds. The van der Waals surface area contributed by atoms with Gasteiger partial charge in [-0.3, -0.25) is 0 Å². The minimum Gasteiger partial charge on any atom is -0.381 e. The first-order valence-corrected chi connectivity index (χ1v) is 8.21. The van der Waals surface area contributed by atoms with E-state index in [0.717, 1.165) is 42.9 Å². The summed E-state index contributed by atoms with van der Waals surface area (Å²) in [7, 11) is 0. The van der Waals surface area contributed by atoms with Crippen LogP contribution in [0.5, 0.6) is 0 Å². The minimum atomic E-state index is 0.147. The molecule has 0 aliphatic carbocycles. The van der Waals surface area contributed by atoms with Crippen molar-refractivity contribution in [3.05, 3.63) is 40.5 Å². The second kappa shape index (κ2) is 5.21. The molecule has 22 heavy (non-hydrogen) atoms. The number of nitrogen functional groups attached to an aromatic ring is 1. The topological polar surface area (TPSA) is 64.3 Å². The van der Waals surface area contributed by atoms with Gasteiger partial charge in [0.2, 0.25) is 5.95 Å². The molecular weight excluding hydrogens is 344 g/mol. The van der Waals surface area contributed by atoms with E-state index in [4.69, 9.17) is 10.5 Å². The first kappa shape index (κ1) is 14.0. The second-order valence-corrected chi connectivity index (χ2v) is 6.83. The standard InChI is InChI=1S/C16H17BrN4O/c17-11-1-2-12-13(9-11)21(14-3-6-19-15(18)20-14)10-16(12)4-7-22-8-5-16/h1-3,6,9H,4-5,7-8,10H2,(H2,18,19,20). The van der Waals surface area contributed by atoms with E-state index in [2.05, 4.69) is 49.0 Å². The maximum absolute atomic E-state index is 5.77. The minimum absolute atomic E-state index is 0.147. The highest BCUT2D eigenvalue weighted by molar-refractivity contribution is 9.10. The lowest BCUT2D eigenvalue weighted by atomic mass is 9.76. The van der Waals surface area contributed by atoms with Gasteiger partial charge in [0.15, 0.2) is 0 Å². The molecule has 2 N–H and O–H groups in total. The smallest absolute Gasteiger partial charge is 0.221 e. The molecule has 1 fully saturated rings.